The van der Waals surface area contributed by atoms with Crippen molar-refractivity contribution in [1.82, 2.24) is 0 Å². The molecule has 2 aromatic rings. The summed E-state index contributed by atoms with van der Waals surface area (Å²) >= 11 is 1.17. The van der Waals surface area contributed by atoms with E-state index in [0.29, 0.717) is 11.4 Å². The van der Waals surface area contributed by atoms with E-state index in [-0.39, 0.29) is 11.7 Å². The van der Waals surface area contributed by atoms with Crippen molar-refractivity contribution in [3.8, 4) is 5.75 Å². The Labute approximate surface area is 144 Å². The molecule has 0 aromatic heterocycles. The standard InChI is InChI=1S/C18H17NO4S/c1-23-14-9-7-12(8-10-14)16-17(18(21)22)24-11-15(20)19(16)13-5-3-2-4-6-13/h2-10,16-17H,11H2,1H3,(H,21,22)/t16-,17+/m0/s1. The molecule has 1 heterocycles. The summed E-state index contributed by atoms with van der Waals surface area (Å²) in [6, 6.07) is 15.8. The number of anilines is 1. The number of carbonyl (C=O) groups is 2. The number of carbonyl (C=O) groups excluding carboxylic acids is 1. The minimum Gasteiger partial charge on any atom is -0.497 e. The molecule has 0 aliphatic carbocycles. The highest BCUT2D eigenvalue weighted by Crippen LogP contribution is 2.40. The molecule has 24 heavy (non-hydrogen) atoms. The Morgan fingerprint density at radius 2 is 1.83 bits per heavy atom. The first-order valence-electron chi connectivity index (χ1n) is 7.47. The van der Waals surface area contributed by atoms with E-state index in [4.69, 9.17) is 4.74 Å². The lowest BCUT2D eigenvalue weighted by Gasteiger charge is -2.39. The summed E-state index contributed by atoms with van der Waals surface area (Å²) in [5.74, 6) is -0.177. The molecule has 1 aliphatic heterocycles. The first-order chi connectivity index (χ1) is 11.6. The lowest BCUT2D eigenvalue weighted by molar-refractivity contribution is -0.137. The number of thioether (sulfide) groups is 1. The molecular weight excluding hydrogens is 326 g/mol. The summed E-state index contributed by atoms with van der Waals surface area (Å²) < 4.78 is 5.16. The van der Waals surface area contributed by atoms with E-state index in [1.54, 1.807) is 24.1 Å². The van der Waals surface area contributed by atoms with Gasteiger partial charge in [0, 0.05) is 5.69 Å². The van der Waals surface area contributed by atoms with Crippen LogP contribution in [0.5, 0.6) is 5.75 Å². The number of nitrogens with zero attached hydrogens (tertiary/aromatic N) is 1. The van der Waals surface area contributed by atoms with Gasteiger partial charge in [0.25, 0.3) is 0 Å². The van der Waals surface area contributed by atoms with Crippen molar-refractivity contribution in [3.05, 3.63) is 60.2 Å². The molecule has 2 atom stereocenters. The molecule has 1 saturated heterocycles. The zero-order chi connectivity index (χ0) is 17.1. The van der Waals surface area contributed by atoms with Crippen LogP contribution in [0.2, 0.25) is 0 Å². The Hall–Kier alpha value is -2.47. The fourth-order valence-electron chi connectivity index (χ4n) is 2.84. The van der Waals surface area contributed by atoms with Crippen LogP contribution in [0.1, 0.15) is 11.6 Å². The molecule has 0 bridgehead atoms. The Kier molecular flexibility index (Phi) is 4.76. The van der Waals surface area contributed by atoms with Crippen LogP contribution >= 0.6 is 11.8 Å². The van der Waals surface area contributed by atoms with Crippen LogP contribution in [-0.2, 0) is 9.59 Å². The number of hydrogen-bond acceptors (Lipinski definition) is 4. The van der Waals surface area contributed by atoms with E-state index in [0.717, 1.165) is 5.56 Å². The average molecular weight is 343 g/mol. The number of benzene rings is 2. The number of amides is 1. The number of hydrogen-bond donors (Lipinski definition) is 1. The van der Waals surface area contributed by atoms with E-state index in [1.165, 1.54) is 11.8 Å². The Balaban J connectivity index is 2.07. The molecule has 0 radical (unpaired) electrons. The molecule has 1 aliphatic rings. The molecule has 2 aromatic carbocycles. The van der Waals surface area contributed by atoms with Crippen LogP contribution in [0, 0.1) is 0 Å². The maximum absolute atomic E-state index is 12.6. The molecule has 0 saturated carbocycles. The largest absolute Gasteiger partial charge is 0.497 e. The second-order valence-corrected chi connectivity index (χ2v) is 6.52. The number of ether oxygens (including phenoxy) is 1. The van der Waals surface area contributed by atoms with Crippen LogP contribution in [0.25, 0.3) is 0 Å². The molecule has 1 amide bonds. The Bertz CT molecular complexity index is 732. The van der Waals surface area contributed by atoms with Crippen LogP contribution in [0.3, 0.4) is 0 Å². The molecule has 6 heteroatoms. The minimum absolute atomic E-state index is 0.0930. The lowest BCUT2D eigenvalue weighted by Crippen LogP contribution is -2.48. The van der Waals surface area contributed by atoms with Gasteiger partial charge in [-0.3, -0.25) is 9.59 Å². The highest BCUT2D eigenvalue weighted by atomic mass is 32.2. The summed E-state index contributed by atoms with van der Waals surface area (Å²) in [5.41, 5.74) is 1.47. The fraction of sp³-hybridized carbons (Fsp3) is 0.222. The monoisotopic (exact) mass is 343 g/mol. The van der Waals surface area contributed by atoms with Gasteiger partial charge in [-0.25, -0.2) is 0 Å². The number of aliphatic carboxylic acids is 1. The summed E-state index contributed by atoms with van der Waals surface area (Å²) in [4.78, 5) is 25.9. The topological polar surface area (TPSA) is 66.8 Å². The van der Waals surface area contributed by atoms with Gasteiger partial charge in [-0.1, -0.05) is 30.3 Å². The smallest absolute Gasteiger partial charge is 0.319 e. The van der Waals surface area contributed by atoms with Crippen molar-refractivity contribution in [2.24, 2.45) is 0 Å². The third kappa shape index (κ3) is 3.10. The van der Waals surface area contributed by atoms with Gasteiger partial charge in [0.2, 0.25) is 5.91 Å². The SMILES string of the molecule is COc1ccc([C@H]2[C@H](C(=O)O)SCC(=O)N2c2ccccc2)cc1. The highest BCUT2D eigenvalue weighted by Gasteiger charge is 2.42. The lowest BCUT2D eigenvalue weighted by atomic mass is 9.99. The molecule has 0 unspecified atom stereocenters. The third-order valence-corrected chi connectivity index (χ3v) is 5.19. The molecular formula is C18H17NO4S. The van der Waals surface area contributed by atoms with Crippen molar-refractivity contribution >= 4 is 29.3 Å². The van der Waals surface area contributed by atoms with Gasteiger partial charge in [0.15, 0.2) is 0 Å². The van der Waals surface area contributed by atoms with Gasteiger partial charge in [0.05, 0.1) is 18.9 Å². The highest BCUT2D eigenvalue weighted by molar-refractivity contribution is 8.01. The van der Waals surface area contributed by atoms with Crippen LogP contribution < -0.4 is 9.64 Å². The van der Waals surface area contributed by atoms with Gasteiger partial charge < -0.3 is 14.7 Å². The maximum Gasteiger partial charge on any atom is 0.319 e. The van der Waals surface area contributed by atoms with Gasteiger partial charge in [0.1, 0.15) is 11.0 Å². The number of para-hydroxylation sites is 1. The second kappa shape index (κ2) is 6.97. The van der Waals surface area contributed by atoms with E-state index in [2.05, 4.69) is 0 Å². The van der Waals surface area contributed by atoms with Gasteiger partial charge in [-0.05, 0) is 29.8 Å². The quantitative estimate of drug-likeness (QED) is 0.924. The predicted molar refractivity (Wildman–Crippen MR) is 93.5 cm³/mol. The summed E-state index contributed by atoms with van der Waals surface area (Å²) in [7, 11) is 1.57. The van der Waals surface area contributed by atoms with Crippen molar-refractivity contribution in [3.63, 3.8) is 0 Å². The van der Waals surface area contributed by atoms with E-state index in [1.807, 2.05) is 42.5 Å². The number of methoxy groups -OCH3 is 1. The molecule has 5 nitrogen and oxygen atoms in total. The molecule has 3 rings (SSSR count). The number of carboxylic acid groups (broad SMARTS) is 1. The zero-order valence-corrected chi connectivity index (χ0v) is 13.9. The Morgan fingerprint density at radius 1 is 1.17 bits per heavy atom. The van der Waals surface area contributed by atoms with Crippen molar-refractivity contribution in [1.29, 1.82) is 0 Å². The third-order valence-electron chi connectivity index (χ3n) is 3.96. The van der Waals surface area contributed by atoms with Crippen molar-refractivity contribution < 1.29 is 19.4 Å². The van der Waals surface area contributed by atoms with Crippen LogP contribution in [0.4, 0.5) is 5.69 Å². The van der Waals surface area contributed by atoms with Crippen LogP contribution in [0.15, 0.2) is 54.6 Å². The fourth-order valence-corrected chi connectivity index (χ4v) is 3.90. The van der Waals surface area contributed by atoms with E-state index < -0.39 is 17.3 Å². The molecule has 1 fully saturated rings. The summed E-state index contributed by atoms with van der Waals surface area (Å²) in [6.45, 7) is 0. The zero-order valence-electron chi connectivity index (χ0n) is 13.1. The van der Waals surface area contributed by atoms with Crippen LogP contribution in [-0.4, -0.2) is 35.1 Å². The molecule has 124 valence electrons. The van der Waals surface area contributed by atoms with Crippen molar-refractivity contribution in [2.75, 3.05) is 17.8 Å². The Morgan fingerprint density at radius 3 is 2.42 bits per heavy atom. The normalized spacial score (nSPS) is 20.7. The number of rotatable bonds is 4. The maximum atomic E-state index is 12.6. The van der Waals surface area contributed by atoms with Gasteiger partial charge in [-0.15, -0.1) is 11.8 Å². The molecule has 1 N–H and O–H groups in total. The summed E-state index contributed by atoms with van der Waals surface area (Å²) in [6.07, 6.45) is 0. The van der Waals surface area contributed by atoms with E-state index in [9.17, 15) is 14.7 Å². The minimum atomic E-state index is -0.922. The first kappa shape index (κ1) is 16.4. The van der Waals surface area contributed by atoms with Crippen molar-refractivity contribution in [2.45, 2.75) is 11.3 Å². The predicted octanol–water partition coefficient (Wildman–Crippen LogP) is 2.97. The number of carboxylic acids is 1. The van der Waals surface area contributed by atoms with Gasteiger partial charge >= 0.3 is 5.97 Å². The van der Waals surface area contributed by atoms with E-state index >= 15 is 0 Å². The second-order valence-electron chi connectivity index (χ2n) is 5.39. The average Bonchev–Trinajstić information content (AvgIpc) is 2.62. The first-order valence-corrected chi connectivity index (χ1v) is 8.52. The van der Waals surface area contributed by atoms with Gasteiger partial charge in [-0.2, -0.15) is 0 Å². The molecule has 0 spiro atoms. The summed E-state index contributed by atoms with van der Waals surface area (Å²) in [5, 5.41) is 8.91.